The number of anilines is 2. The van der Waals surface area contributed by atoms with Crippen LogP contribution in [0.2, 0.25) is 10.0 Å². The van der Waals surface area contributed by atoms with E-state index >= 15 is 0 Å². The van der Waals surface area contributed by atoms with E-state index in [4.69, 9.17) is 33.7 Å². The minimum atomic E-state index is -0.528. The number of hydrogen-bond donors (Lipinski definition) is 2. The first-order chi connectivity index (χ1) is 9.97. The van der Waals surface area contributed by atoms with E-state index in [9.17, 15) is 9.18 Å². The molecule has 0 fully saturated rings. The fourth-order valence-corrected chi connectivity index (χ4v) is 1.89. The summed E-state index contributed by atoms with van der Waals surface area (Å²) < 4.78 is 18.6. The molecule has 1 amide bonds. The summed E-state index contributed by atoms with van der Waals surface area (Å²) in [5.41, 5.74) is 6.02. The predicted molar refractivity (Wildman–Crippen MR) is 81.4 cm³/mol. The molecule has 0 radical (unpaired) electrons. The molecule has 0 aromatic heterocycles. The van der Waals surface area contributed by atoms with Crippen LogP contribution in [0.15, 0.2) is 36.4 Å². The number of ether oxygens (including phenoxy) is 1. The lowest BCUT2D eigenvalue weighted by molar-refractivity contribution is -0.118. The Morgan fingerprint density at radius 1 is 1.24 bits per heavy atom. The van der Waals surface area contributed by atoms with E-state index in [0.717, 1.165) is 0 Å². The molecule has 0 aliphatic carbocycles. The van der Waals surface area contributed by atoms with Gasteiger partial charge in [0.15, 0.2) is 6.61 Å². The fraction of sp³-hybridized carbons (Fsp3) is 0.0714. The van der Waals surface area contributed by atoms with E-state index in [0.29, 0.717) is 0 Å². The molecule has 2 aromatic rings. The third-order valence-electron chi connectivity index (χ3n) is 2.56. The van der Waals surface area contributed by atoms with Gasteiger partial charge in [-0.05, 0) is 18.2 Å². The molecule has 0 saturated heterocycles. The minimum Gasteiger partial charge on any atom is -0.482 e. The van der Waals surface area contributed by atoms with Crippen molar-refractivity contribution >= 4 is 40.5 Å². The molecule has 0 saturated carbocycles. The zero-order chi connectivity index (χ0) is 15.4. The Hall–Kier alpha value is -1.98. The van der Waals surface area contributed by atoms with Crippen molar-refractivity contribution in [3.05, 3.63) is 52.3 Å². The number of hydrogen-bond acceptors (Lipinski definition) is 3. The zero-order valence-electron chi connectivity index (χ0n) is 10.7. The van der Waals surface area contributed by atoms with Gasteiger partial charge in [0, 0.05) is 6.07 Å². The molecular weight excluding hydrogens is 318 g/mol. The molecule has 2 rings (SSSR count). The van der Waals surface area contributed by atoms with Crippen molar-refractivity contribution in [2.45, 2.75) is 0 Å². The van der Waals surface area contributed by atoms with Crippen LogP contribution in [-0.4, -0.2) is 12.5 Å². The molecule has 2 aromatic carbocycles. The number of amides is 1. The van der Waals surface area contributed by atoms with Gasteiger partial charge in [0.25, 0.3) is 5.91 Å². The highest BCUT2D eigenvalue weighted by atomic mass is 35.5. The minimum absolute atomic E-state index is 0.0770. The van der Waals surface area contributed by atoms with Crippen LogP contribution in [0.5, 0.6) is 5.75 Å². The van der Waals surface area contributed by atoms with Gasteiger partial charge < -0.3 is 15.8 Å². The third kappa shape index (κ3) is 4.00. The van der Waals surface area contributed by atoms with Gasteiger partial charge >= 0.3 is 0 Å². The summed E-state index contributed by atoms with van der Waals surface area (Å²) in [5, 5.41) is 2.94. The summed E-state index contributed by atoms with van der Waals surface area (Å²) in [6.45, 7) is -0.337. The van der Waals surface area contributed by atoms with E-state index in [1.807, 2.05) is 0 Å². The number of rotatable bonds is 4. The summed E-state index contributed by atoms with van der Waals surface area (Å²) in [6.07, 6.45) is 0. The number of para-hydroxylation sites is 1. The number of carbonyl (C=O) groups excluding carboxylic acids is 1. The van der Waals surface area contributed by atoms with Crippen molar-refractivity contribution in [3.63, 3.8) is 0 Å². The van der Waals surface area contributed by atoms with Crippen molar-refractivity contribution < 1.29 is 13.9 Å². The maximum atomic E-state index is 13.4. The molecule has 3 N–H and O–H groups in total. The lowest BCUT2D eigenvalue weighted by Crippen LogP contribution is -2.21. The van der Waals surface area contributed by atoms with E-state index in [1.165, 1.54) is 30.3 Å². The number of nitrogens with one attached hydrogen (secondary N) is 1. The SMILES string of the molecule is Nc1cc(Cl)c(Cl)cc1OCC(=O)Nc1ccccc1F. The topological polar surface area (TPSA) is 64.3 Å². The standard InChI is InChI=1S/C14H11Cl2FN2O2/c15-8-5-11(18)13(6-9(8)16)21-7-14(20)19-12-4-2-1-3-10(12)17/h1-6H,7,18H2,(H,19,20). The van der Waals surface area contributed by atoms with E-state index in [-0.39, 0.29) is 33.8 Å². The Balaban J connectivity index is 1.99. The van der Waals surface area contributed by atoms with Gasteiger partial charge in [-0.2, -0.15) is 0 Å². The van der Waals surface area contributed by atoms with E-state index in [2.05, 4.69) is 5.32 Å². The molecule has 110 valence electrons. The first kappa shape index (κ1) is 15.4. The van der Waals surface area contributed by atoms with Crippen LogP contribution >= 0.6 is 23.2 Å². The molecule has 4 nitrogen and oxygen atoms in total. The Morgan fingerprint density at radius 2 is 1.90 bits per heavy atom. The lowest BCUT2D eigenvalue weighted by atomic mass is 10.3. The zero-order valence-corrected chi connectivity index (χ0v) is 12.2. The Morgan fingerprint density at radius 3 is 2.62 bits per heavy atom. The van der Waals surface area contributed by atoms with Crippen LogP contribution in [0, 0.1) is 5.82 Å². The van der Waals surface area contributed by atoms with Crippen LogP contribution in [0.25, 0.3) is 0 Å². The van der Waals surface area contributed by atoms with Crippen LogP contribution < -0.4 is 15.8 Å². The first-order valence-corrected chi connectivity index (χ1v) is 6.64. The average Bonchev–Trinajstić information content (AvgIpc) is 2.44. The smallest absolute Gasteiger partial charge is 0.262 e. The van der Waals surface area contributed by atoms with Gasteiger partial charge in [-0.1, -0.05) is 35.3 Å². The maximum absolute atomic E-state index is 13.4. The summed E-state index contributed by atoms with van der Waals surface area (Å²) in [6, 6.07) is 8.66. The van der Waals surface area contributed by atoms with Crippen LogP contribution in [0.3, 0.4) is 0 Å². The highest BCUT2D eigenvalue weighted by Crippen LogP contribution is 2.32. The monoisotopic (exact) mass is 328 g/mol. The third-order valence-corrected chi connectivity index (χ3v) is 3.28. The molecule has 0 aliphatic rings. The molecule has 0 atom stereocenters. The average molecular weight is 329 g/mol. The molecule has 0 aliphatic heterocycles. The molecule has 7 heteroatoms. The summed E-state index contributed by atoms with van der Waals surface area (Å²) >= 11 is 11.6. The van der Waals surface area contributed by atoms with Crippen molar-refractivity contribution in [1.29, 1.82) is 0 Å². The normalized spacial score (nSPS) is 10.2. The van der Waals surface area contributed by atoms with Gasteiger partial charge in [0.2, 0.25) is 0 Å². The highest BCUT2D eigenvalue weighted by Gasteiger charge is 2.10. The number of nitrogen functional groups attached to an aromatic ring is 1. The highest BCUT2D eigenvalue weighted by molar-refractivity contribution is 6.42. The Labute approximate surface area is 130 Å². The van der Waals surface area contributed by atoms with Gasteiger partial charge in [-0.15, -0.1) is 0 Å². The number of halogens is 3. The largest absolute Gasteiger partial charge is 0.482 e. The van der Waals surface area contributed by atoms with Crippen molar-refractivity contribution in [1.82, 2.24) is 0 Å². The van der Waals surface area contributed by atoms with Crippen molar-refractivity contribution in [2.75, 3.05) is 17.7 Å². The number of benzene rings is 2. The number of nitrogens with two attached hydrogens (primary N) is 1. The second-order valence-corrected chi connectivity index (χ2v) is 4.94. The second kappa shape index (κ2) is 6.65. The van der Waals surface area contributed by atoms with Gasteiger partial charge in [0.1, 0.15) is 11.6 Å². The molecule has 0 spiro atoms. The van der Waals surface area contributed by atoms with Crippen LogP contribution in [-0.2, 0) is 4.79 Å². The number of carbonyl (C=O) groups is 1. The maximum Gasteiger partial charge on any atom is 0.262 e. The summed E-state index contributed by atoms with van der Waals surface area (Å²) in [5.74, 6) is -0.821. The first-order valence-electron chi connectivity index (χ1n) is 5.89. The van der Waals surface area contributed by atoms with Crippen LogP contribution in [0.4, 0.5) is 15.8 Å². The Kier molecular flexibility index (Phi) is 4.88. The Bertz CT molecular complexity index is 680. The lowest BCUT2D eigenvalue weighted by Gasteiger charge is -2.10. The van der Waals surface area contributed by atoms with Gasteiger partial charge in [-0.3, -0.25) is 4.79 Å². The van der Waals surface area contributed by atoms with Crippen molar-refractivity contribution in [3.8, 4) is 5.75 Å². The van der Waals surface area contributed by atoms with E-state index < -0.39 is 11.7 Å². The summed E-state index contributed by atoms with van der Waals surface area (Å²) in [7, 11) is 0. The molecular formula is C14H11Cl2FN2O2. The molecule has 0 bridgehead atoms. The van der Waals surface area contributed by atoms with Crippen LogP contribution in [0.1, 0.15) is 0 Å². The molecule has 21 heavy (non-hydrogen) atoms. The molecule has 0 heterocycles. The fourth-order valence-electron chi connectivity index (χ4n) is 1.56. The van der Waals surface area contributed by atoms with Crippen molar-refractivity contribution in [2.24, 2.45) is 0 Å². The van der Waals surface area contributed by atoms with Gasteiger partial charge in [0.05, 0.1) is 21.4 Å². The predicted octanol–water partition coefficient (Wildman–Crippen LogP) is 3.73. The quantitative estimate of drug-likeness (QED) is 0.840. The molecule has 0 unspecified atom stereocenters. The van der Waals surface area contributed by atoms with Gasteiger partial charge in [-0.25, -0.2) is 4.39 Å². The second-order valence-electron chi connectivity index (χ2n) is 4.12. The van der Waals surface area contributed by atoms with E-state index in [1.54, 1.807) is 6.07 Å². The summed E-state index contributed by atoms with van der Waals surface area (Å²) in [4.78, 5) is 11.7.